The zero-order valence-electron chi connectivity index (χ0n) is 11.7. The molecule has 0 aromatic carbocycles. The fourth-order valence-corrected chi connectivity index (χ4v) is 2.91. The number of hydrogen-bond acceptors (Lipinski definition) is 2. The molecular formula is C15H28O2. The molecule has 2 N–H and O–H groups in total. The molecule has 0 bridgehead atoms. The lowest BCUT2D eigenvalue weighted by Gasteiger charge is -2.40. The molecule has 0 aromatic heterocycles. The van der Waals surface area contributed by atoms with Crippen molar-refractivity contribution in [2.24, 2.45) is 11.8 Å². The maximum absolute atomic E-state index is 10.5. The molecule has 0 spiro atoms. The summed E-state index contributed by atoms with van der Waals surface area (Å²) in [6.07, 6.45) is 6.38. The summed E-state index contributed by atoms with van der Waals surface area (Å²) in [6.45, 7) is 8.21. The summed E-state index contributed by atoms with van der Waals surface area (Å²) in [6, 6.07) is 0. The summed E-state index contributed by atoms with van der Waals surface area (Å²) < 4.78 is 0. The van der Waals surface area contributed by atoms with E-state index in [0.29, 0.717) is 5.92 Å². The minimum Gasteiger partial charge on any atom is -0.393 e. The van der Waals surface area contributed by atoms with Crippen LogP contribution in [0.1, 0.15) is 59.8 Å². The topological polar surface area (TPSA) is 40.5 Å². The number of allylic oxidation sites excluding steroid dienone is 2. The first-order chi connectivity index (χ1) is 7.83. The molecule has 0 radical (unpaired) electrons. The molecule has 1 aliphatic carbocycles. The van der Waals surface area contributed by atoms with Gasteiger partial charge in [0.2, 0.25) is 0 Å². The molecule has 0 saturated heterocycles. The van der Waals surface area contributed by atoms with Gasteiger partial charge in [-0.3, -0.25) is 0 Å². The van der Waals surface area contributed by atoms with Crippen LogP contribution in [0.2, 0.25) is 0 Å². The molecule has 4 atom stereocenters. The second kappa shape index (κ2) is 6.01. The molecule has 1 aliphatic rings. The van der Waals surface area contributed by atoms with E-state index in [1.54, 1.807) is 0 Å². The van der Waals surface area contributed by atoms with Crippen LogP contribution >= 0.6 is 0 Å². The van der Waals surface area contributed by atoms with Gasteiger partial charge in [0.1, 0.15) is 0 Å². The van der Waals surface area contributed by atoms with Crippen molar-refractivity contribution in [2.45, 2.75) is 71.5 Å². The van der Waals surface area contributed by atoms with Crippen LogP contribution in [0.25, 0.3) is 0 Å². The van der Waals surface area contributed by atoms with Crippen LogP contribution in [0.4, 0.5) is 0 Å². The monoisotopic (exact) mass is 240 g/mol. The first-order valence-corrected chi connectivity index (χ1v) is 6.86. The Morgan fingerprint density at radius 1 is 1.35 bits per heavy atom. The van der Waals surface area contributed by atoms with Crippen LogP contribution < -0.4 is 0 Å². The van der Waals surface area contributed by atoms with Crippen molar-refractivity contribution in [2.75, 3.05) is 0 Å². The number of hydrogen-bond donors (Lipinski definition) is 2. The lowest BCUT2D eigenvalue weighted by molar-refractivity contribution is -0.0876. The van der Waals surface area contributed by atoms with Gasteiger partial charge in [0.15, 0.2) is 0 Å². The highest BCUT2D eigenvalue weighted by atomic mass is 16.3. The van der Waals surface area contributed by atoms with E-state index in [-0.39, 0.29) is 12.0 Å². The molecule has 0 aromatic rings. The number of aliphatic hydroxyl groups is 2. The fraction of sp³-hybridized carbons (Fsp3) is 0.867. The van der Waals surface area contributed by atoms with Crippen molar-refractivity contribution in [3.05, 3.63) is 11.6 Å². The highest BCUT2D eigenvalue weighted by molar-refractivity contribution is 4.96. The highest BCUT2D eigenvalue weighted by Crippen LogP contribution is 2.37. The van der Waals surface area contributed by atoms with Gasteiger partial charge in [-0.25, -0.2) is 0 Å². The largest absolute Gasteiger partial charge is 0.393 e. The van der Waals surface area contributed by atoms with Crippen LogP contribution in [0, 0.1) is 11.8 Å². The third-order valence-corrected chi connectivity index (χ3v) is 4.08. The third kappa shape index (κ3) is 4.44. The molecule has 1 fully saturated rings. The second-order valence-electron chi connectivity index (χ2n) is 6.27. The fourth-order valence-electron chi connectivity index (χ4n) is 2.91. The van der Waals surface area contributed by atoms with E-state index in [4.69, 9.17) is 0 Å². The van der Waals surface area contributed by atoms with Gasteiger partial charge < -0.3 is 10.2 Å². The second-order valence-corrected chi connectivity index (χ2v) is 6.27. The summed E-state index contributed by atoms with van der Waals surface area (Å²) in [5.41, 5.74) is 0.560. The molecule has 2 heteroatoms. The predicted octanol–water partition coefficient (Wildman–Crippen LogP) is 3.28. The Morgan fingerprint density at radius 3 is 2.53 bits per heavy atom. The van der Waals surface area contributed by atoms with E-state index in [2.05, 4.69) is 26.8 Å². The molecule has 0 heterocycles. The third-order valence-electron chi connectivity index (χ3n) is 4.08. The molecule has 2 nitrogen and oxygen atoms in total. The molecule has 100 valence electrons. The Morgan fingerprint density at radius 2 is 2.00 bits per heavy atom. The predicted molar refractivity (Wildman–Crippen MR) is 71.8 cm³/mol. The van der Waals surface area contributed by atoms with E-state index in [1.165, 1.54) is 5.57 Å². The Balaban J connectivity index is 2.54. The van der Waals surface area contributed by atoms with Crippen LogP contribution in [0.3, 0.4) is 0 Å². The average molecular weight is 240 g/mol. The summed E-state index contributed by atoms with van der Waals surface area (Å²) in [5, 5.41) is 20.6. The standard InChI is InChI=1S/C15H28O2/c1-11(2)6-5-9-15(4,17)13-8-7-12(3)10-14(13)16/h6,12-14,16-17H,5,7-10H2,1-4H3/t12-,13-,14-,15+/m1/s1. The Bertz CT molecular complexity index is 264. The van der Waals surface area contributed by atoms with Gasteiger partial charge in [0, 0.05) is 5.92 Å². The Hall–Kier alpha value is -0.340. The van der Waals surface area contributed by atoms with Crippen molar-refractivity contribution >= 4 is 0 Å². The number of rotatable bonds is 4. The zero-order chi connectivity index (χ0) is 13.1. The summed E-state index contributed by atoms with van der Waals surface area (Å²) in [5.74, 6) is 0.638. The number of aliphatic hydroxyl groups excluding tert-OH is 1. The smallest absolute Gasteiger partial charge is 0.0675 e. The van der Waals surface area contributed by atoms with E-state index in [0.717, 1.165) is 32.1 Å². The van der Waals surface area contributed by atoms with Crippen LogP contribution in [-0.2, 0) is 0 Å². The van der Waals surface area contributed by atoms with Crippen molar-refractivity contribution in [1.29, 1.82) is 0 Å². The molecule has 0 unspecified atom stereocenters. The van der Waals surface area contributed by atoms with E-state index >= 15 is 0 Å². The first kappa shape index (κ1) is 14.7. The van der Waals surface area contributed by atoms with Crippen LogP contribution in [-0.4, -0.2) is 21.9 Å². The van der Waals surface area contributed by atoms with Gasteiger partial charge in [-0.15, -0.1) is 0 Å². The van der Waals surface area contributed by atoms with Crippen molar-refractivity contribution in [3.8, 4) is 0 Å². The van der Waals surface area contributed by atoms with Gasteiger partial charge in [0.25, 0.3) is 0 Å². The van der Waals surface area contributed by atoms with Crippen LogP contribution in [0.15, 0.2) is 11.6 Å². The average Bonchev–Trinajstić information content (AvgIpc) is 2.15. The first-order valence-electron chi connectivity index (χ1n) is 6.86. The molecule has 1 saturated carbocycles. The quantitative estimate of drug-likeness (QED) is 0.740. The summed E-state index contributed by atoms with van der Waals surface area (Å²) in [7, 11) is 0. The molecule has 0 amide bonds. The summed E-state index contributed by atoms with van der Waals surface area (Å²) in [4.78, 5) is 0. The molecule has 0 aliphatic heterocycles. The van der Waals surface area contributed by atoms with Gasteiger partial charge in [-0.2, -0.15) is 0 Å². The molecule has 17 heavy (non-hydrogen) atoms. The Labute approximate surface area is 106 Å². The van der Waals surface area contributed by atoms with E-state index < -0.39 is 5.60 Å². The molecule has 1 rings (SSSR count). The van der Waals surface area contributed by atoms with Gasteiger partial charge in [-0.05, 0) is 52.4 Å². The highest BCUT2D eigenvalue weighted by Gasteiger charge is 2.39. The van der Waals surface area contributed by atoms with Gasteiger partial charge >= 0.3 is 0 Å². The van der Waals surface area contributed by atoms with Crippen LogP contribution in [0.5, 0.6) is 0 Å². The van der Waals surface area contributed by atoms with E-state index in [1.807, 2.05) is 6.92 Å². The van der Waals surface area contributed by atoms with Crippen molar-refractivity contribution in [3.63, 3.8) is 0 Å². The minimum absolute atomic E-state index is 0.0456. The SMILES string of the molecule is CC(C)=CCC[C@](C)(O)[C@@H]1CC[C@@H](C)C[C@H]1O. The lowest BCUT2D eigenvalue weighted by Crippen LogP contribution is -2.44. The lowest BCUT2D eigenvalue weighted by atomic mass is 9.71. The minimum atomic E-state index is -0.731. The van der Waals surface area contributed by atoms with Crippen molar-refractivity contribution < 1.29 is 10.2 Å². The zero-order valence-corrected chi connectivity index (χ0v) is 11.7. The molecular weight excluding hydrogens is 212 g/mol. The maximum atomic E-state index is 10.5. The maximum Gasteiger partial charge on any atom is 0.0675 e. The Kier molecular flexibility index (Phi) is 5.21. The van der Waals surface area contributed by atoms with Gasteiger partial charge in [0.05, 0.1) is 11.7 Å². The van der Waals surface area contributed by atoms with E-state index in [9.17, 15) is 10.2 Å². The normalized spacial score (nSPS) is 32.9. The van der Waals surface area contributed by atoms with Crippen molar-refractivity contribution in [1.82, 2.24) is 0 Å². The summed E-state index contributed by atoms with van der Waals surface area (Å²) >= 11 is 0. The van der Waals surface area contributed by atoms with Gasteiger partial charge in [-0.1, -0.05) is 25.0 Å².